The van der Waals surface area contributed by atoms with Crippen molar-refractivity contribution in [2.24, 2.45) is 11.8 Å². The van der Waals surface area contributed by atoms with Crippen molar-refractivity contribution in [3.05, 3.63) is 23.9 Å². The number of hydrogen-bond donors (Lipinski definition) is 1. The Morgan fingerprint density at radius 1 is 1.38 bits per heavy atom. The third-order valence-corrected chi connectivity index (χ3v) is 4.51. The van der Waals surface area contributed by atoms with Gasteiger partial charge < -0.3 is 10.0 Å². The number of carboxylic acids is 1. The van der Waals surface area contributed by atoms with Crippen LogP contribution in [0, 0.1) is 11.8 Å². The monoisotopic (exact) mass is 300 g/mol. The Hall–Kier alpha value is -1.79. The van der Waals surface area contributed by atoms with Crippen LogP contribution in [0.15, 0.2) is 18.3 Å². The second-order valence-corrected chi connectivity index (χ2v) is 5.66. The molecule has 3 atom stereocenters. The van der Waals surface area contributed by atoms with Crippen molar-refractivity contribution in [3.8, 4) is 0 Å². The number of fused-ring (bicyclic) bond motifs is 1. The summed E-state index contributed by atoms with van der Waals surface area (Å²) in [5.74, 6) is -1.25. The molecule has 1 saturated heterocycles. The lowest BCUT2D eigenvalue weighted by Crippen LogP contribution is -2.41. The first-order valence-corrected chi connectivity index (χ1v) is 6.91. The number of carboxylic acid groups (broad SMARTS) is 1. The Morgan fingerprint density at radius 2 is 2.14 bits per heavy atom. The van der Waals surface area contributed by atoms with E-state index in [0.717, 1.165) is 25.3 Å². The number of pyridine rings is 1. The van der Waals surface area contributed by atoms with E-state index in [-0.39, 0.29) is 17.7 Å². The summed E-state index contributed by atoms with van der Waals surface area (Å²) in [6, 6.07) is 1.27. The maximum absolute atomic E-state index is 13.1. The molecule has 0 bridgehead atoms. The lowest BCUT2D eigenvalue weighted by molar-refractivity contribution is -0.141. The van der Waals surface area contributed by atoms with E-state index in [1.54, 1.807) is 0 Å². The largest absolute Gasteiger partial charge is 0.480 e. The Bertz CT molecular complexity index is 561. The van der Waals surface area contributed by atoms with Gasteiger partial charge in [-0.2, -0.15) is 13.2 Å². The molecule has 1 aromatic rings. The molecule has 1 saturated carbocycles. The smallest absolute Gasteiger partial charge is 0.419 e. The van der Waals surface area contributed by atoms with Gasteiger partial charge in [-0.05, 0) is 36.8 Å². The normalized spacial score (nSPS) is 28.7. The number of rotatable bonds is 2. The summed E-state index contributed by atoms with van der Waals surface area (Å²) < 4.78 is 39.3. The standard InChI is InChI=1S/C14H15F3N2O2/c15-14(16,17)10-5-2-6-18-12(10)19-7-8-3-1-4-9(8)11(19)13(20)21/h2,5-6,8-9,11H,1,3-4,7H2,(H,20,21). The van der Waals surface area contributed by atoms with Crippen LogP contribution < -0.4 is 4.90 Å². The zero-order valence-electron chi connectivity index (χ0n) is 11.2. The van der Waals surface area contributed by atoms with Gasteiger partial charge in [-0.15, -0.1) is 0 Å². The molecule has 2 heterocycles. The summed E-state index contributed by atoms with van der Waals surface area (Å²) in [6.07, 6.45) is -0.686. The van der Waals surface area contributed by atoms with Crippen LogP contribution in [0.2, 0.25) is 0 Å². The molecule has 0 amide bonds. The fourth-order valence-corrected chi connectivity index (χ4v) is 3.69. The number of hydrogen-bond acceptors (Lipinski definition) is 3. The average Bonchev–Trinajstić information content (AvgIpc) is 2.96. The second-order valence-electron chi connectivity index (χ2n) is 5.66. The first-order chi connectivity index (χ1) is 9.89. The summed E-state index contributed by atoms with van der Waals surface area (Å²) >= 11 is 0. The summed E-state index contributed by atoms with van der Waals surface area (Å²) in [4.78, 5) is 16.7. The highest BCUT2D eigenvalue weighted by Gasteiger charge is 2.50. The molecule has 21 heavy (non-hydrogen) atoms. The quantitative estimate of drug-likeness (QED) is 0.912. The van der Waals surface area contributed by atoms with Crippen LogP contribution in [0.3, 0.4) is 0 Å². The van der Waals surface area contributed by atoms with Crippen molar-refractivity contribution >= 4 is 11.8 Å². The Kier molecular flexibility index (Phi) is 3.30. The minimum atomic E-state index is -4.54. The third-order valence-electron chi connectivity index (χ3n) is 4.51. The molecule has 1 aliphatic carbocycles. The van der Waals surface area contributed by atoms with Crippen molar-refractivity contribution in [1.29, 1.82) is 0 Å². The van der Waals surface area contributed by atoms with Gasteiger partial charge in [-0.25, -0.2) is 9.78 Å². The number of carbonyl (C=O) groups is 1. The van der Waals surface area contributed by atoms with Gasteiger partial charge in [-0.3, -0.25) is 0 Å². The van der Waals surface area contributed by atoms with Crippen LogP contribution in [0.25, 0.3) is 0 Å². The highest BCUT2D eigenvalue weighted by Crippen LogP contribution is 2.46. The molecular weight excluding hydrogens is 285 g/mol. The maximum Gasteiger partial charge on any atom is 0.419 e. The van der Waals surface area contributed by atoms with E-state index >= 15 is 0 Å². The summed E-state index contributed by atoms with van der Waals surface area (Å²) in [6.45, 7) is 0.335. The number of halogens is 3. The Balaban J connectivity index is 2.02. The second kappa shape index (κ2) is 4.89. The highest BCUT2D eigenvalue weighted by molar-refractivity contribution is 5.79. The van der Waals surface area contributed by atoms with Gasteiger partial charge in [0.25, 0.3) is 0 Å². The van der Waals surface area contributed by atoms with Crippen LogP contribution in [0.5, 0.6) is 0 Å². The van der Waals surface area contributed by atoms with E-state index < -0.39 is 23.8 Å². The molecule has 0 radical (unpaired) electrons. The van der Waals surface area contributed by atoms with E-state index in [0.29, 0.717) is 6.54 Å². The minimum Gasteiger partial charge on any atom is -0.480 e. The molecule has 0 aromatic carbocycles. The lowest BCUT2D eigenvalue weighted by Gasteiger charge is -2.27. The SMILES string of the molecule is O=C(O)C1C2CCCC2CN1c1ncccc1C(F)(F)F. The fourth-order valence-electron chi connectivity index (χ4n) is 3.69. The Morgan fingerprint density at radius 3 is 2.81 bits per heavy atom. The number of alkyl halides is 3. The van der Waals surface area contributed by atoms with Gasteiger partial charge in [0.15, 0.2) is 0 Å². The van der Waals surface area contributed by atoms with E-state index in [9.17, 15) is 23.1 Å². The van der Waals surface area contributed by atoms with Crippen LogP contribution in [-0.4, -0.2) is 28.6 Å². The van der Waals surface area contributed by atoms with Gasteiger partial charge in [0, 0.05) is 12.7 Å². The van der Waals surface area contributed by atoms with E-state index in [1.807, 2.05) is 0 Å². The van der Waals surface area contributed by atoms with Gasteiger partial charge in [0.05, 0.1) is 5.56 Å². The topological polar surface area (TPSA) is 53.4 Å². The van der Waals surface area contributed by atoms with Crippen LogP contribution >= 0.6 is 0 Å². The number of aromatic nitrogens is 1. The fraction of sp³-hybridized carbons (Fsp3) is 0.571. The highest BCUT2D eigenvalue weighted by atomic mass is 19.4. The first-order valence-electron chi connectivity index (χ1n) is 6.91. The van der Waals surface area contributed by atoms with Crippen molar-refractivity contribution in [2.45, 2.75) is 31.5 Å². The van der Waals surface area contributed by atoms with Crippen molar-refractivity contribution in [2.75, 3.05) is 11.4 Å². The zero-order valence-corrected chi connectivity index (χ0v) is 11.2. The summed E-state index contributed by atoms with van der Waals surface area (Å²) in [5.41, 5.74) is -0.865. The Labute approximate surface area is 119 Å². The number of anilines is 1. The molecule has 2 fully saturated rings. The van der Waals surface area contributed by atoms with E-state index in [1.165, 1.54) is 17.2 Å². The molecule has 1 aliphatic heterocycles. The summed E-state index contributed by atoms with van der Waals surface area (Å²) in [5, 5.41) is 9.44. The van der Waals surface area contributed by atoms with Crippen molar-refractivity contribution in [3.63, 3.8) is 0 Å². The van der Waals surface area contributed by atoms with E-state index in [2.05, 4.69) is 4.98 Å². The van der Waals surface area contributed by atoms with Gasteiger partial charge in [-0.1, -0.05) is 6.42 Å². The molecule has 1 aromatic heterocycles. The maximum atomic E-state index is 13.1. The van der Waals surface area contributed by atoms with Gasteiger partial charge in [0.1, 0.15) is 11.9 Å². The third kappa shape index (κ3) is 2.34. The average molecular weight is 300 g/mol. The molecular formula is C14H15F3N2O2. The predicted octanol–water partition coefficient (Wildman–Crippen LogP) is 2.79. The van der Waals surface area contributed by atoms with Crippen LogP contribution in [0.1, 0.15) is 24.8 Å². The minimum absolute atomic E-state index is 0.0782. The molecule has 1 N–H and O–H groups in total. The molecule has 4 nitrogen and oxygen atoms in total. The molecule has 0 spiro atoms. The van der Waals surface area contributed by atoms with Gasteiger partial charge >= 0.3 is 12.1 Å². The van der Waals surface area contributed by atoms with Crippen molar-refractivity contribution in [1.82, 2.24) is 4.98 Å². The van der Waals surface area contributed by atoms with E-state index in [4.69, 9.17) is 0 Å². The summed E-state index contributed by atoms with van der Waals surface area (Å²) in [7, 11) is 0. The molecule has 3 rings (SSSR count). The lowest BCUT2D eigenvalue weighted by atomic mass is 9.94. The predicted molar refractivity (Wildman–Crippen MR) is 68.8 cm³/mol. The number of nitrogens with zero attached hydrogens (tertiary/aromatic N) is 2. The molecule has 2 aliphatic rings. The number of aliphatic carboxylic acids is 1. The zero-order chi connectivity index (χ0) is 15.2. The van der Waals surface area contributed by atoms with Crippen LogP contribution in [0.4, 0.5) is 19.0 Å². The molecule has 3 unspecified atom stereocenters. The van der Waals surface area contributed by atoms with Crippen LogP contribution in [-0.2, 0) is 11.0 Å². The van der Waals surface area contributed by atoms with Crippen molar-refractivity contribution < 1.29 is 23.1 Å². The first kappa shape index (κ1) is 14.2. The molecule has 114 valence electrons. The molecule has 7 heteroatoms. The van der Waals surface area contributed by atoms with Gasteiger partial charge in [0.2, 0.25) is 0 Å².